The van der Waals surface area contributed by atoms with Gasteiger partial charge in [0, 0.05) is 10.9 Å². The third-order valence-electron chi connectivity index (χ3n) is 3.93. The summed E-state index contributed by atoms with van der Waals surface area (Å²) in [5.41, 5.74) is 2.26. The molecule has 4 aromatic carbocycles. The molecule has 110 valence electrons. The van der Waals surface area contributed by atoms with Gasteiger partial charge < -0.3 is 4.74 Å². The molecule has 0 aliphatic carbocycles. The Kier molecular flexibility index (Phi) is 3.53. The Morgan fingerprint density at radius 2 is 1.17 bits per heavy atom. The van der Waals surface area contributed by atoms with Gasteiger partial charge >= 0.3 is 0 Å². The zero-order chi connectivity index (χ0) is 15.5. The van der Waals surface area contributed by atoms with E-state index < -0.39 is 0 Å². The van der Waals surface area contributed by atoms with Crippen LogP contribution in [0.4, 0.5) is 0 Å². The van der Waals surface area contributed by atoms with Crippen molar-refractivity contribution >= 4 is 10.8 Å². The smallest absolute Gasteiger partial charge is 0.143 e. The number of ether oxygens (including phenoxy) is 1. The number of hydrogen-bond donors (Lipinski definition) is 0. The lowest BCUT2D eigenvalue weighted by molar-refractivity contribution is 0.490. The summed E-state index contributed by atoms with van der Waals surface area (Å²) in [4.78, 5) is 0. The van der Waals surface area contributed by atoms with Crippen molar-refractivity contribution in [2.75, 3.05) is 0 Å². The lowest BCUT2D eigenvalue weighted by Gasteiger charge is -2.14. The van der Waals surface area contributed by atoms with E-state index in [1.807, 2.05) is 36.4 Å². The van der Waals surface area contributed by atoms with Gasteiger partial charge in [-0.3, -0.25) is 0 Å². The van der Waals surface area contributed by atoms with E-state index in [4.69, 9.17) is 4.74 Å². The van der Waals surface area contributed by atoms with E-state index in [1.165, 1.54) is 5.39 Å². The van der Waals surface area contributed by atoms with Crippen LogP contribution < -0.4 is 4.74 Å². The topological polar surface area (TPSA) is 9.23 Å². The Morgan fingerprint density at radius 3 is 1.96 bits per heavy atom. The summed E-state index contributed by atoms with van der Waals surface area (Å²) >= 11 is 0. The van der Waals surface area contributed by atoms with Crippen LogP contribution in [0.5, 0.6) is 11.5 Å². The highest BCUT2D eigenvalue weighted by atomic mass is 16.5. The Labute approximate surface area is 135 Å². The normalized spacial score (nSPS) is 10.6. The SMILES string of the molecule is c1ccc(Oc2c(-c3ccccc3)ccc3ccccc23)cc1. The predicted molar refractivity (Wildman–Crippen MR) is 95.9 cm³/mol. The average Bonchev–Trinajstić information content (AvgIpc) is 2.64. The molecule has 0 saturated carbocycles. The van der Waals surface area contributed by atoms with E-state index in [9.17, 15) is 0 Å². The van der Waals surface area contributed by atoms with E-state index in [0.717, 1.165) is 28.0 Å². The van der Waals surface area contributed by atoms with Gasteiger partial charge in [0.15, 0.2) is 0 Å². The standard InChI is InChI=1S/C22H16O/c1-3-9-17(10-4-1)21-16-15-18-11-7-8-14-20(18)22(21)23-19-12-5-2-6-13-19/h1-16H. The molecule has 0 saturated heterocycles. The van der Waals surface area contributed by atoms with Gasteiger partial charge in [-0.25, -0.2) is 0 Å². The van der Waals surface area contributed by atoms with E-state index in [0.29, 0.717) is 0 Å². The Morgan fingerprint density at radius 1 is 0.522 bits per heavy atom. The van der Waals surface area contributed by atoms with E-state index >= 15 is 0 Å². The zero-order valence-corrected chi connectivity index (χ0v) is 12.6. The minimum absolute atomic E-state index is 0.848. The fraction of sp³-hybridized carbons (Fsp3) is 0. The van der Waals surface area contributed by atoms with Crippen LogP contribution in [-0.4, -0.2) is 0 Å². The van der Waals surface area contributed by atoms with Crippen molar-refractivity contribution in [2.45, 2.75) is 0 Å². The quantitative estimate of drug-likeness (QED) is 0.431. The maximum Gasteiger partial charge on any atom is 0.143 e. The summed E-state index contributed by atoms with van der Waals surface area (Å²) in [6.07, 6.45) is 0. The van der Waals surface area contributed by atoms with Crippen molar-refractivity contribution in [2.24, 2.45) is 0 Å². The molecule has 0 radical (unpaired) electrons. The van der Waals surface area contributed by atoms with Crippen LogP contribution in [0.1, 0.15) is 0 Å². The van der Waals surface area contributed by atoms with Crippen molar-refractivity contribution in [1.29, 1.82) is 0 Å². The minimum Gasteiger partial charge on any atom is -0.456 e. The van der Waals surface area contributed by atoms with Gasteiger partial charge in [-0.05, 0) is 29.1 Å². The van der Waals surface area contributed by atoms with Crippen molar-refractivity contribution < 1.29 is 4.74 Å². The number of para-hydroxylation sites is 1. The minimum atomic E-state index is 0.848. The van der Waals surface area contributed by atoms with Crippen LogP contribution in [0.3, 0.4) is 0 Å². The first-order valence-corrected chi connectivity index (χ1v) is 7.72. The number of fused-ring (bicyclic) bond motifs is 1. The summed E-state index contributed by atoms with van der Waals surface area (Å²) < 4.78 is 6.28. The second kappa shape index (κ2) is 5.98. The van der Waals surface area contributed by atoms with Crippen molar-refractivity contribution in [1.82, 2.24) is 0 Å². The largest absolute Gasteiger partial charge is 0.456 e. The molecule has 0 N–H and O–H groups in total. The average molecular weight is 296 g/mol. The number of hydrogen-bond acceptors (Lipinski definition) is 1. The molecule has 4 aromatic rings. The third kappa shape index (κ3) is 2.69. The van der Waals surface area contributed by atoms with E-state index in [1.54, 1.807) is 0 Å². The van der Waals surface area contributed by atoms with Crippen LogP contribution in [0.25, 0.3) is 21.9 Å². The lowest BCUT2D eigenvalue weighted by atomic mass is 9.99. The summed E-state index contributed by atoms with van der Waals surface area (Å²) in [6.45, 7) is 0. The highest BCUT2D eigenvalue weighted by Crippen LogP contribution is 2.39. The molecule has 0 aromatic heterocycles. The first kappa shape index (κ1) is 13.6. The van der Waals surface area contributed by atoms with Crippen molar-refractivity contribution in [3.63, 3.8) is 0 Å². The van der Waals surface area contributed by atoms with Gasteiger partial charge in [0.1, 0.15) is 11.5 Å². The molecule has 0 bridgehead atoms. The highest BCUT2D eigenvalue weighted by molar-refractivity contribution is 5.95. The molecule has 0 heterocycles. The fourth-order valence-electron chi connectivity index (χ4n) is 2.80. The number of rotatable bonds is 3. The Bertz CT molecular complexity index is 928. The Balaban J connectivity index is 1.94. The van der Waals surface area contributed by atoms with Crippen LogP contribution in [0, 0.1) is 0 Å². The van der Waals surface area contributed by atoms with Gasteiger partial charge in [0.2, 0.25) is 0 Å². The molecular formula is C22H16O. The van der Waals surface area contributed by atoms with Gasteiger partial charge in [-0.2, -0.15) is 0 Å². The maximum absolute atomic E-state index is 6.28. The molecule has 0 aliphatic rings. The molecule has 0 unspecified atom stereocenters. The summed E-state index contributed by atoms with van der Waals surface area (Å²) in [5, 5.41) is 2.30. The second-order valence-corrected chi connectivity index (χ2v) is 5.44. The predicted octanol–water partition coefficient (Wildman–Crippen LogP) is 6.30. The maximum atomic E-state index is 6.28. The fourth-order valence-corrected chi connectivity index (χ4v) is 2.80. The first-order chi connectivity index (χ1) is 11.4. The van der Waals surface area contributed by atoms with Gasteiger partial charge in [-0.15, -0.1) is 0 Å². The Hall–Kier alpha value is -3.06. The molecule has 0 amide bonds. The summed E-state index contributed by atoms with van der Waals surface area (Å²) in [5.74, 6) is 1.75. The molecule has 4 rings (SSSR count). The molecule has 0 aliphatic heterocycles. The van der Waals surface area contributed by atoms with Crippen LogP contribution in [0.2, 0.25) is 0 Å². The molecule has 0 fully saturated rings. The van der Waals surface area contributed by atoms with Crippen LogP contribution >= 0.6 is 0 Å². The lowest BCUT2D eigenvalue weighted by Crippen LogP contribution is -1.90. The van der Waals surface area contributed by atoms with Gasteiger partial charge in [0.05, 0.1) is 0 Å². The third-order valence-corrected chi connectivity index (χ3v) is 3.93. The van der Waals surface area contributed by atoms with Crippen LogP contribution in [0.15, 0.2) is 97.1 Å². The molecule has 0 spiro atoms. The van der Waals surface area contributed by atoms with Crippen LogP contribution in [-0.2, 0) is 0 Å². The monoisotopic (exact) mass is 296 g/mol. The van der Waals surface area contributed by atoms with Crippen molar-refractivity contribution in [3.05, 3.63) is 97.1 Å². The van der Waals surface area contributed by atoms with Gasteiger partial charge in [-0.1, -0.05) is 78.9 Å². The molecule has 1 nitrogen and oxygen atoms in total. The second-order valence-electron chi connectivity index (χ2n) is 5.44. The highest BCUT2D eigenvalue weighted by Gasteiger charge is 2.11. The molecular weight excluding hydrogens is 280 g/mol. The van der Waals surface area contributed by atoms with E-state index in [2.05, 4.69) is 60.7 Å². The van der Waals surface area contributed by atoms with Gasteiger partial charge in [0.25, 0.3) is 0 Å². The molecule has 0 atom stereocenters. The number of benzene rings is 4. The van der Waals surface area contributed by atoms with E-state index in [-0.39, 0.29) is 0 Å². The van der Waals surface area contributed by atoms with Crippen molar-refractivity contribution in [3.8, 4) is 22.6 Å². The summed E-state index contributed by atoms with van der Waals surface area (Å²) in [7, 11) is 0. The molecule has 23 heavy (non-hydrogen) atoms. The molecule has 1 heteroatoms. The summed E-state index contributed by atoms with van der Waals surface area (Å²) in [6, 6.07) is 32.9. The first-order valence-electron chi connectivity index (χ1n) is 7.72. The zero-order valence-electron chi connectivity index (χ0n) is 12.6.